The number of hydrogen-bond acceptors (Lipinski definition) is 2. The zero-order valence-electron chi connectivity index (χ0n) is 11.8. The highest BCUT2D eigenvalue weighted by atomic mass is 16.5. The standard InChI is InChI=1S/C17H21NO2/c1-20-13-8-6-7-12(11-13)18-17(19)16-14-9-4-2-3-5-10-15(14)16/h4,6-9,11,14-16H,2-3,5,10H2,1H3,(H,18,19)/t14-,15-,16-/m0/s1. The molecule has 2 aliphatic rings. The van der Waals surface area contributed by atoms with Gasteiger partial charge in [0.1, 0.15) is 5.75 Å². The molecule has 0 aliphatic heterocycles. The van der Waals surface area contributed by atoms with Crippen molar-refractivity contribution in [2.75, 3.05) is 12.4 Å². The van der Waals surface area contributed by atoms with E-state index in [1.54, 1.807) is 7.11 Å². The molecule has 1 aromatic rings. The largest absolute Gasteiger partial charge is 0.497 e. The number of rotatable bonds is 3. The summed E-state index contributed by atoms with van der Waals surface area (Å²) in [6, 6.07) is 7.53. The van der Waals surface area contributed by atoms with Crippen molar-refractivity contribution >= 4 is 11.6 Å². The fraction of sp³-hybridized carbons (Fsp3) is 0.471. The second-order valence-corrected chi connectivity index (χ2v) is 5.70. The van der Waals surface area contributed by atoms with E-state index in [1.165, 1.54) is 19.3 Å². The van der Waals surface area contributed by atoms with Crippen LogP contribution in [0.2, 0.25) is 0 Å². The van der Waals surface area contributed by atoms with Gasteiger partial charge >= 0.3 is 0 Å². The Bertz CT molecular complexity index is 523. The van der Waals surface area contributed by atoms with E-state index in [0.29, 0.717) is 11.8 Å². The van der Waals surface area contributed by atoms with Crippen molar-refractivity contribution < 1.29 is 9.53 Å². The molecule has 1 fully saturated rings. The van der Waals surface area contributed by atoms with Gasteiger partial charge in [-0.25, -0.2) is 0 Å². The van der Waals surface area contributed by atoms with Crippen molar-refractivity contribution in [3.63, 3.8) is 0 Å². The van der Waals surface area contributed by atoms with Gasteiger partial charge in [-0.15, -0.1) is 0 Å². The Morgan fingerprint density at radius 2 is 2.25 bits per heavy atom. The summed E-state index contributed by atoms with van der Waals surface area (Å²) >= 11 is 0. The molecule has 3 nitrogen and oxygen atoms in total. The van der Waals surface area contributed by atoms with Crippen molar-refractivity contribution in [2.24, 2.45) is 17.8 Å². The van der Waals surface area contributed by atoms with Crippen molar-refractivity contribution in [2.45, 2.75) is 25.7 Å². The zero-order valence-corrected chi connectivity index (χ0v) is 11.8. The molecule has 0 saturated heterocycles. The number of fused-ring (bicyclic) bond motifs is 1. The maximum atomic E-state index is 12.4. The van der Waals surface area contributed by atoms with Crippen LogP contribution in [0.4, 0.5) is 5.69 Å². The van der Waals surface area contributed by atoms with Gasteiger partial charge in [0.2, 0.25) is 5.91 Å². The van der Waals surface area contributed by atoms with Crippen LogP contribution in [0.15, 0.2) is 36.4 Å². The summed E-state index contributed by atoms with van der Waals surface area (Å²) < 4.78 is 5.18. The Kier molecular flexibility index (Phi) is 3.77. The third kappa shape index (κ3) is 2.72. The van der Waals surface area contributed by atoms with Gasteiger partial charge in [-0.2, -0.15) is 0 Å². The molecule has 2 aliphatic carbocycles. The Hall–Kier alpha value is -1.77. The van der Waals surface area contributed by atoms with Crippen LogP contribution in [-0.2, 0) is 4.79 Å². The van der Waals surface area contributed by atoms with Crippen LogP contribution in [0.1, 0.15) is 25.7 Å². The molecule has 0 bridgehead atoms. The number of allylic oxidation sites excluding steroid dienone is 2. The molecule has 0 aromatic heterocycles. The van der Waals surface area contributed by atoms with E-state index < -0.39 is 0 Å². The normalized spacial score (nSPS) is 27.9. The van der Waals surface area contributed by atoms with E-state index >= 15 is 0 Å². The first-order valence-electron chi connectivity index (χ1n) is 7.41. The third-order valence-corrected chi connectivity index (χ3v) is 4.39. The van der Waals surface area contributed by atoms with Gasteiger partial charge in [-0.1, -0.05) is 24.6 Å². The lowest BCUT2D eigenvalue weighted by molar-refractivity contribution is -0.117. The molecular weight excluding hydrogens is 250 g/mol. The second kappa shape index (κ2) is 5.70. The summed E-state index contributed by atoms with van der Waals surface area (Å²) in [5.41, 5.74) is 0.817. The Labute approximate surface area is 120 Å². The average molecular weight is 271 g/mol. The van der Waals surface area contributed by atoms with E-state index in [2.05, 4.69) is 17.5 Å². The molecule has 3 atom stereocenters. The molecule has 0 heterocycles. The topological polar surface area (TPSA) is 38.3 Å². The van der Waals surface area contributed by atoms with Gasteiger partial charge in [0, 0.05) is 17.7 Å². The fourth-order valence-electron chi connectivity index (χ4n) is 3.23. The minimum absolute atomic E-state index is 0.153. The molecule has 3 rings (SSSR count). The zero-order chi connectivity index (χ0) is 13.9. The quantitative estimate of drug-likeness (QED) is 0.853. The number of hydrogen-bond donors (Lipinski definition) is 1. The molecule has 3 heteroatoms. The number of carbonyl (C=O) groups is 1. The van der Waals surface area contributed by atoms with Gasteiger partial charge in [0.15, 0.2) is 0 Å². The van der Waals surface area contributed by atoms with Crippen LogP contribution in [-0.4, -0.2) is 13.0 Å². The Morgan fingerprint density at radius 3 is 3.10 bits per heavy atom. The summed E-state index contributed by atoms with van der Waals surface area (Å²) in [7, 11) is 1.63. The lowest BCUT2D eigenvalue weighted by atomic mass is 10.1. The lowest BCUT2D eigenvalue weighted by Gasteiger charge is -2.06. The van der Waals surface area contributed by atoms with Crippen LogP contribution < -0.4 is 10.1 Å². The predicted octanol–water partition coefficient (Wildman–Crippen LogP) is 3.63. The SMILES string of the molecule is COc1cccc(NC(=O)[C@H]2[C@H]3C=CCCCC[C@@H]32)c1. The predicted molar refractivity (Wildman–Crippen MR) is 79.7 cm³/mol. The van der Waals surface area contributed by atoms with Crippen LogP contribution in [0, 0.1) is 17.8 Å². The van der Waals surface area contributed by atoms with Gasteiger partial charge in [0.25, 0.3) is 0 Å². The van der Waals surface area contributed by atoms with Crippen molar-refractivity contribution in [3.05, 3.63) is 36.4 Å². The molecular formula is C17H21NO2. The summed E-state index contributed by atoms with van der Waals surface area (Å²) in [6.07, 6.45) is 9.34. The van der Waals surface area contributed by atoms with Crippen LogP contribution in [0.5, 0.6) is 5.75 Å². The number of anilines is 1. The Balaban J connectivity index is 1.65. The van der Waals surface area contributed by atoms with Crippen molar-refractivity contribution in [3.8, 4) is 5.75 Å². The minimum Gasteiger partial charge on any atom is -0.497 e. The number of methoxy groups -OCH3 is 1. The van der Waals surface area contributed by atoms with E-state index in [4.69, 9.17) is 4.74 Å². The molecule has 0 unspecified atom stereocenters. The molecule has 0 spiro atoms. The molecule has 20 heavy (non-hydrogen) atoms. The monoisotopic (exact) mass is 271 g/mol. The number of benzene rings is 1. The number of amides is 1. The van der Waals surface area contributed by atoms with Gasteiger partial charge < -0.3 is 10.1 Å². The average Bonchev–Trinajstić information content (AvgIpc) is 3.10. The minimum atomic E-state index is 0.153. The molecule has 106 valence electrons. The van der Waals surface area contributed by atoms with E-state index in [0.717, 1.165) is 17.9 Å². The summed E-state index contributed by atoms with van der Waals surface area (Å²) in [5.74, 6) is 2.10. The summed E-state index contributed by atoms with van der Waals surface area (Å²) in [5, 5.41) is 3.02. The molecule has 1 saturated carbocycles. The Morgan fingerprint density at radius 1 is 1.35 bits per heavy atom. The molecule has 1 N–H and O–H groups in total. The second-order valence-electron chi connectivity index (χ2n) is 5.70. The number of ether oxygens (including phenoxy) is 1. The van der Waals surface area contributed by atoms with Crippen molar-refractivity contribution in [1.29, 1.82) is 0 Å². The first kappa shape index (κ1) is 13.2. The smallest absolute Gasteiger partial charge is 0.228 e. The lowest BCUT2D eigenvalue weighted by Crippen LogP contribution is -2.15. The first-order valence-corrected chi connectivity index (χ1v) is 7.41. The van der Waals surface area contributed by atoms with Gasteiger partial charge in [-0.3, -0.25) is 4.79 Å². The van der Waals surface area contributed by atoms with E-state index in [1.807, 2.05) is 24.3 Å². The highest BCUT2D eigenvalue weighted by molar-refractivity contribution is 5.95. The van der Waals surface area contributed by atoms with Crippen molar-refractivity contribution in [1.82, 2.24) is 0 Å². The molecule has 0 radical (unpaired) electrons. The van der Waals surface area contributed by atoms with E-state index in [-0.39, 0.29) is 11.8 Å². The highest BCUT2D eigenvalue weighted by Crippen LogP contribution is 2.51. The number of carbonyl (C=O) groups excluding carboxylic acids is 1. The third-order valence-electron chi connectivity index (χ3n) is 4.39. The van der Waals surface area contributed by atoms with Crippen LogP contribution in [0.25, 0.3) is 0 Å². The van der Waals surface area contributed by atoms with Crippen LogP contribution in [0.3, 0.4) is 0 Å². The molecule has 1 aromatic carbocycles. The van der Waals surface area contributed by atoms with Gasteiger partial charge in [0.05, 0.1) is 7.11 Å². The number of nitrogens with one attached hydrogen (secondary N) is 1. The molecule has 1 amide bonds. The first-order chi connectivity index (χ1) is 9.79. The summed E-state index contributed by atoms with van der Waals surface area (Å²) in [6.45, 7) is 0. The highest BCUT2D eigenvalue weighted by Gasteiger charge is 2.52. The fourth-order valence-corrected chi connectivity index (χ4v) is 3.23. The van der Waals surface area contributed by atoms with Crippen LogP contribution >= 0.6 is 0 Å². The maximum absolute atomic E-state index is 12.4. The van der Waals surface area contributed by atoms with Gasteiger partial charge in [-0.05, 0) is 43.2 Å². The van der Waals surface area contributed by atoms with E-state index in [9.17, 15) is 4.79 Å². The summed E-state index contributed by atoms with van der Waals surface area (Å²) in [4.78, 5) is 12.4. The maximum Gasteiger partial charge on any atom is 0.228 e.